The lowest BCUT2D eigenvalue weighted by Crippen LogP contribution is -2.37. The molecule has 3 atom stereocenters. The number of ether oxygens (including phenoxy) is 1. The minimum absolute atomic E-state index is 0.336. The Bertz CT molecular complexity index is 454. The zero-order valence-corrected chi connectivity index (χ0v) is 12.2. The van der Waals surface area contributed by atoms with Crippen molar-refractivity contribution in [3.8, 4) is 6.07 Å². The summed E-state index contributed by atoms with van der Waals surface area (Å²) < 4.78 is 5.98. The van der Waals surface area contributed by atoms with E-state index in [4.69, 9.17) is 10.5 Å². The predicted octanol–water partition coefficient (Wildman–Crippen LogP) is 3.35. The highest BCUT2D eigenvalue weighted by atomic mass is 16.5. The predicted molar refractivity (Wildman–Crippen MR) is 79.9 cm³/mol. The summed E-state index contributed by atoms with van der Waals surface area (Å²) in [5.74, 6) is 0.620. The summed E-state index contributed by atoms with van der Waals surface area (Å²) in [6.45, 7) is 2.80. The molecule has 0 radical (unpaired) electrons. The fourth-order valence-corrected chi connectivity index (χ4v) is 2.90. The van der Waals surface area contributed by atoms with E-state index in [9.17, 15) is 5.26 Å². The Hall–Kier alpha value is -1.37. The normalized spacial score (nSPS) is 25.6. The van der Waals surface area contributed by atoms with E-state index in [2.05, 4.69) is 13.0 Å². The first kappa shape index (κ1) is 15.0. The van der Waals surface area contributed by atoms with Gasteiger partial charge in [0.1, 0.15) is 5.54 Å². The smallest absolute Gasteiger partial charge is 0.132 e. The van der Waals surface area contributed by atoms with Crippen LogP contribution in [0.5, 0.6) is 0 Å². The molecule has 3 nitrogen and oxygen atoms in total. The summed E-state index contributed by atoms with van der Waals surface area (Å²) >= 11 is 0. The Morgan fingerprint density at radius 3 is 2.65 bits per heavy atom. The maximum Gasteiger partial charge on any atom is 0.132 e. The lowest BCUT2D eigenvalue weighted by Gasteiger charge is -2.30. The monoisotopic (exact) mass is 272 g/mol. The second-order valence-electron chi connectivity index (χ2n) is 5.87. The van der Waals surface area contributed by atoms with Crippen LogP contribution in [0.4, 0.5) is 0 Å². The van der Waals surface area contributed by atoms with Crippen LogP contribution >= 0.6 is 0 Å². The van der Waals surface area contributed by atoms with Gasteiger partial charge in [-0.05, 0) is 24.3 Å². The van der Waals surface area contributed by atoms with Gasteiger partial charge in [-0.1, -0.05) is 50.1 Å². The van der Waals surface area contributed by atoms with Crippen LogP contribution in [0, 0.1) is 17.2 Å². The Morgan fingerprint density at radius 1 is 1.30 bits per heavy atom. The third-order valence-corrected chi connectivity index (χ3v) is 4.35. The highest BCUT2D eigenvalue weighted by molar-refractivity contribution is 5.30. The number of nitriles is 1. The van der Waals surface area contributed by atoms with Crippen molar-refractivity contribution in [2.75, 3.05) is 6.61 Å². The summed E-state index contributed by atoms with van der Waals surface area (Å²) in [6, 6.07) is 11.8. The van der Waals surface area contributed by atoms with Crippen molar-refractivity contribution < 1.29 is 4.74 Å². The third kappa shape index (κ3) is 3.59. The van der Waals surface area contributed by atoms with Crippen LogP contribution in [-0.2, 0) is 10.3 Å². The molecule has 2 N–H and O–H groups in total. The van der Waals surface area contributed by atoms with Crippen molar-refractivity contribution in [2.45, 2.75) is 50.7 Å². The van der Waals surface area contributed by atoms with Gasteiger partial charge in [-0.25, -0.2) is 0 Å². The molecule has 1 aromatic carbocycles. The standard InChI is InChI=1S/C17H24N2O/c1-14-7-5-6-10-16(14)20-12-11-17(19,13-18)15-8-3-2-4-9-15/h2-4,8-9,14,16H,5-7,10-12,19H2,1H3. The average Bonchev–Trinajstić information content (AvgIpc) is 2.50. The Balaban J connectivity index is 1.90. The molecule has 0 heterocycles. The van der Waals surface area contributed by atoms with Crippen LogP contribution < -0.4 is 5.73 Å². The molecule has 1 saturated carbocycles. The number of nitrogens with two attached hydrogens (primary N) is 1. The first-order chi connectivity index (χ1) is 9.65. The van der Waals surface area contributed by atoms with Crippen LogP contribution in [0.25, 0.3) is 0 Å². The van der Waals surface area contributed by atoms with Gasteiger partial charge in [0.2, 0.25) is 0 Å². The second kappa shape index (κ2) is 6.88. The molecule has 20 heavy (non-hydrogen) atoms. The van der Waals surface area contributed by atoms with Gasteiger partial charge in [0.25, 0.3) is 0 Å². The number of nitrogens with zero attached hydrogens (tertiary/aromatic N) is 1. The average molecular weight is 272 g/mol. The molecule has 1 aliphatic carbocycles. The summed E-state index contributed by atoms with van der Waals surface area (Å²) in [5, 5.41) is 9.40. The van der Waals surface area contributed by atoms with E-state index in [0.29, 0.717) is 25.0 Å². The van der Waals surface area contributed by atoms with Gasteiger partial charge in [-0.15, -0.1) is 0 Å². The maximum absolute atomic E-state index is 9.40. The van der Waals surface area contributed by atoms with Crippen LogP contribution in [0.15, 0.2) is 30.3 Å². The number of hydrogen-bond donors (Lipinski definition) is 1. The number of rotatable bonds is 5. The molecule has 0 aromatic heterocycles. The van der Waals surface area contributed by atoms with Crippen molar-refractivity contribution in [1.82, 2.24) is 0 Å². The molecule has 0 aliphatic heterocycles. The van der Waals surface area contributed by atoms with Gasteiger partial charge in [0, 0.05) is 6.42 Å². The molecule has 0 bridgehead atoms. The zero-order valence-electron chi connectivity index (χ0n) is 12.2. The molecule has 1 fully saturated rings. The minimum atomic E-state index is -0.945. The van der Waals surface area contributed by atoms with E-state index in [1.54, 1.807) is 0 Å². The molecule has 108 valence electrons. The van der Waals surface area contributed by atoms with Crippen molar-refractivity contribution in [1.29, 1.82) is 5.26 Å². The van der Waals surface area contributed by atoms with Gasteiger partial charge >= 0.3 is 0 Å². The SMILES string of the molecule is CC1CCCCC1OCCC(N)(C#N)c1ccccc1. The van der Waals surface area contributed by atoms with Crippen molar-refractivity contribution in [2.24, 2.45) is 11.7 Å². The van der Waals surface area contributed by atoms with E-state index >= 15 is 0 Å². The van der Waals surface area contributed by atoms with Gasteiger partial charge in [0.15, 0.2) is 0 Å². The number of benzene rings is 1. The van der Waals surface area contributed by atoms with E-state index in [0.717, 1.165) is 12.0 Å². The van der Waals surface area contributed by atoms with E-state index < -0.39 is 5.54 Å². The van der Waals surface area contributed by atoms with E-state index in [1.165, 1.54) is 19.3 Å². The summed E-state index contributed by atoms with van der Waals surface area (Å²) in [5.41, 5.74) is 6.15. The molecule has 2 rings (SSSR count). The van der Waals surface area contributed by atoms with E-state index in [1.807, 2.05) is 30.3 Å². The lowest BCUT2D eigenvalue weighted by atomic mass is 9.87. The third-order valence-electron chi connectivity index (χ3n) is 4.35. The van der Waals surface area contributed by atoms with Crippen molar-refractivity contribution in [3.05, 3.63) is 35.9 Å². The minimum Gasteiger partial charge on any atom is -0.378 e. The topological polar surface area (TPSA) is 59.0 Å². The molecular formula is C17H24N2O. The van der Waals surface area contributed by atoms with Crippen LogP contribution in [0.3, 0.4) is 0 Å². The van der Waals surface area contributed by atoms with Crippen molar-refractivity contribution >= 4 is 0 Å². The first-order valence-electron chi connectivity index (χ1n) is 7.53. The summed E-state index contributed by atoms with van der Waals surface area (Å²) in [7, 11) is 0. The highest BCUT2D eigenvalue weighted by Crippen LogP contribution is 2.27. The second-order valence-corrected chi connectivity index (χ2v) is 5.87. The Kier molecular flexibility index (Phi) is 5.17. The molecule has 1 aliphatic rings. The quantitative estimate of drug-likeness (QED) is 0.894. The van der Waals surface area contributed by atoms with Crippen LogP contribution in [0.1, 0.15) is 44.6 Å². The maximum atomic E-state index is 9.40. The molecule has 0 saturated heterocycles. The fourth-order valence-electron chi connectivity index (χ4n) is 2.90. The first-order valence-corrected chi connectivity index (χ1v) is 7.53. The Morgan fingerprint density at radius 2 is 2.00 bits per heavy atom. The molecule has 0 amide bonds. The van der Waals surface area contributed by atoms with Gasteiger partial charge in [0.05, 0.1) is 18.8 Å². The molecule has 3 heteroatoms. The van der Waals surface area contributed by atoms with Gasteiger partial charge in [-0.3, -0.25) is 0 Å². The lowest BCUT2D eigenvalue weighted by molar-refractivity contribution is -0.0101. The highest BCUT2D eigenvalue weighted by Gasteiger charge is 2.28. The largest absolute Gasteiger partial charge is 0.378 e. The summed E-state index contributed by atoms with van der Waals surface area (Å²) in [4.78, 5) is 0. The molecular weight excluding hydrogens is 248 g/mol. The van der Waals surface area contributed by atoms with E-state index in [-0.39, 0.29) is 0 Å². The van der Waals surface area contributed by atoms with Gasteiger partial charge < -0.3 is 10.5 Å². The summed E-state index contributed by atoms with van der Waals surface area (Å²) in [6.07, 6.45) is 5.81. The zero-order chi connectivity index (χ0) is 14.4. The number of hydrogen-bond acceptors (Lipinski definition) is 3. The van der Waals surface area contributed by atoms with Gasteiger partial charge in [-0.2, -0.15) is 5.26 Å². The fraction of sp³-hybridized carbons (Fsp3) is 0.588. The molecule has 3 unspecified atom stereocenters. The van der Waals surface area contributed by atoms with Crippen molar-refractivity contribution in [3.63, 3.8) is 0 Å². The van der Waals surface area contributed by atoms with Crippen LogP contribution in [-0.4, -0.2) is 12.7 Å². The molecule has 0 spiro atoms. The molecule has 1 aromatic rings. The van der Waals surface area contributed by atoms with Crippen LogP contribution in [0.2, 0.25) is 0 Å². The Labute approximate surface area is 121 Å².